The summed E-state index contributed by atoms with van der Waals surface area (Å²) in [6.07, 6.45) is 2.45. The van der Waals surface area contributed by atoms with E-state index in [1.54, 1.807) is 0 Å². The molecule has 2 aromatic carbocycles. The first-order chi connectivity index (χ1) is 20.5. The molecular weight excluding hydrogens is 617 g/mol. The molecular formula is C32H42N4O3S4. The lowest BCUT2D eigenvalue weighted by Crippen LogP contribution is -2.41. The van der Waals surface area contributed by atoms with Crippen LogP contribution in [0.3, 0.4) is 0 Å². The highest BCUT2D eigenvalue weighted by Gasteiger charge is 2.25. The van der Waals surface area contributed by atoms with Crippen LogP contribution < -0.4 is 15.4 Å². The number of anilines is 2. The first-order valence-electron chi connectivity index (χ1n) is 14.8. The Balaban J connectivity index is 1.16. The van der Waals surface area contributed by atoms with Gasteiger partial charge in [0, 0.05) is 37.6 Å². The molecule has 232 valence electrons. The maximum absolute atomic E-state index is 12.5. The second-order valence-corrected chi connectivity index (χ2v) is 15.3. The van der Waals surface area contributed by atoms with Gasteiger partial charge in [-0.15, -0.1) is 0 Å². The molecule has 0 saturated carbocycles. The van der Waals surface area contributed by atoms with Crippen LogP contribution in [-0.2, 0) is 9.59 Å². The average Bonchev–Trinajstić information content (AvgIpc) is 2.95. The van der Waals surface area contributed by atoms with Gasteiger partial charge in [-0.2, -0.15) is 0 Å². The Bertz CT molecular complexity index is 1160. The number of amides is 2. The Kier molecular flexibility index (Phi) is 12.6. The molecule has 43 heavy (non-hydrogen) atoms. The van der Waals surface area contributed by atoms with Crippen LogP contribution in [-0.4, -0.2) is 67.9 Å². The highest BCUT2D eigenvalue weighted by Crippen LogP contribution is 2.27. The zero-order chi connectivity index (χ0) is 30.9. The molecule has 2 aliphatic heterocycles. The van der Waals surface area contributed by atoms with Crippen molar-refractivity contribution < 1.29 is 14.3 Å². The highest BCUT2D eigenvalue weighted by atomic mass is 32.2. The van der Waals surface area contributed by atoms with Gasteiger partial charge in [0.1, 0.15) is 20.1 Å². The second-order valence-electron chi connectivity index (χ2n) is 12.1. The van der Waals surface area contributed by atoms with Crippen molar-refractivity contribution in [1.82, 2.24) is 9.80 Å². The maximum atomic E-state index is 12.5. The SMILES string of the molecule is C[C@@H]1C[C@H](C)CN(C(=S)SCC(=O)Nc2ccc(Oc3ccc(NC(=O)CSC(=S)N4C[C@@H](C)C[C@H](C)C4)cc3)cc2)C1. The van der Waals surface area contributed by atoms with Gasteiger partial charge in [-0.1, -0.05) is 75.7 Å². The van der Waals surface area contributed by atoms with E-state index in [1.165, 1.54) is 36.4 Å². The molecule has 2 aromatic rings. The number of rotatable bonds is 8. The van der Waals surface area contributed by atoms with Gasteiger partial charge in [-0.25, -0.2) is 0 Å². The van der Waals surface area contributed by atoms with Crippen LogP contribution in [0.25, 0.3) is 0 Å². The normalized spacial score (nSPS) is 22.0. The second kappa shape index (κ2) is 16.1. The van der Waals surface area contributed by atoms with Crippen molar-refractivity contribution in [2.24, 2.45) is 23.7 Å². The van der Waals surface area contributed by atoms with E-state index < -0.39 is 0 Å². The molecule has 0 aliphatic carbocycles. The van der Waals surface area contributed by atoms with Gasteiger partial charge in [-0.05, 0) is 85.0 Å². The fourth-order valence-corrected chi connectivity index (χ4v) is 7.77. The fraction of sp³-hybridized carbons (Fsp3) is 0.500. The first kappa shape index (κ1) is 33.6. The zero-order valence-electron chi connectivity index (χ0n) is 25.3. The van der Waals surface area contributed by atoms with Gasteiger partial charge in [0.15, 0.2) is 0 Å². The molecule has 11 heteroatoms. The summed E-state index contributed by atoms with van der Waals surface area (Å²) in [4.78, 5) is 29.5. The summed E-state index contributed by atoms with van der Waals surface area (Å²) >= 11 is 14.0. The number of nitrogens with one attached hydrogen (secondary N) is 2. The Morgan fingerprint density at radius 2 is 1.00 bits per heavy atom. The summed E-state index contributed by atoms with van der Waals surface area (Å²) in [5, 5.41) is 5.86. The number of ether oxygens (including phenoxy) is 1. The summed E-state index contributed by atoms with van der Waals surface area (Å²) in [6, 6.07) is 14.5. The number of hydrogen-bond acceptors (Lipinski definition) is 7. The van der Waals surface area contributed by atoms with Crippen LogP contribution in [0.1, 0.15) is 40.5 Å². The molecule has 4 rings (SSSR count). The van der Waals surface area contributed by atoms with Crippen molar-refractivity contribution in [2.75, 3.05) is 48.3 Å². The Morgan fingerprint density at radius 1 is 0.674 bits per heavy atom. The van der Waals surface area contributed by atoms with Crippen molar-refractivity contribution in [3.63, 3.8) is 0 Å². The Labute approximate surface area is 275 Å². The minimum Gasteiger partial charge on any atom is -0.457 e. The maximum Gasteiger partial charge on any atom is 0.234 e. The third kappa shape index (κ3) is 11.0. The molecule has 2 fully saturated rings. The molecule has 0 radical (unpaired) electrons. The summed E-state index contributed by atoms with van der Waals surface area (Å²) in [6.45, 7) is 12.8. The van der Waals surface area contributed by atoms with Gasteiger partial charge in [-0.3, -0.25) is 9.59 Å². The summed E-state index contributed by atoms with van der Waals surface area (Å²) in [7, 11) is 0. The topological polar surface area (TPSA) is 73.9 Å². The van der Waals surface area contributed by atoms with E-state index in [-0.39, 0.29) is 23.3 Å². The quantitative estimate of drug-likeness (QED) is 0.283. The lowest BCUT2D eigenvalue weighted by molar-refractivity contribution is -0.114. The largest absolute Gasteiger partial charge is 0.457 e. The third-order valence-corrected chi connectivity index (χ3v) is 10.5. The van der Waals surface area contributed by atoms with Gasteiger partial charge in [0.05, 0.1) is 11.5 Å². The number of thioether (sulfide) groups is 2. The lowest BCUT2D eigenvalue weighted by Gasteiger charge is -2.36. The minimum absolute atomic E-state index is 0.0901. The smallest absolute Gasteiger partial charge is 0.234 e. The number of carbonyl (C=O) groups excluding carboxylic acids is 2. The molecule has 0 spiro atoms. The van der Waals surface area contributed by atoms with Crippen molar-refractivity contribution in [1.29, 1.82) is 0 Å². The fourth-order valence-electron chi connectivity index (χ4n) is 5.80. The predicted octanol–water partition coefficient (Wildman–Crippen LogP) is 7.35. The molecule has 2 heterocycles. The number of thiocarbonyl (C=S) groups is 2. The van der Waals surface area contributed by atoms with Crippen LogP contribution in [0, 0.1) is 23.7 Å². The van der Waals surface area contributed by atoms with Crippen molar-refractivity contribution in [2.45, 2.75) is 40.5 Å². The van der Waals surface area contributed by atoms with E-state index in [2.05, 4.69) is 48.1 Å². The van der Waals surface area contributed by atoms with Gasteiger partial charge >= 0.3 is 0 Å². The molecule has 0 unspecified atom stereocenters. The third-order valence-electron chi connectivity index (χ3n) is 7.42. The number of hydrogen-bond donors (Lipinski definition) is 2. The van der Waals surface area contributed by atoms with Crippen LogP contribution >= 0.6 is 48.0 Å². The molecule has 7 nitrogen and oxygen atoms in total. The average molecular weight is 659 g/mol. The summed E-state index contributed by atoms with van der Waals surface area (Å²) in [5.74, 6) is 4.14. The molecule has 0 aromatic heterocycles. The first-order valence-corrected chi connectivity index (χ1v) is 17.6. The van der Waals surface area contributed by atoms with Crippen LogP contribution in [0.5, 0.6) is 11.5 Å². The van der Waals surface area contributed by atoms with Crippen LogP contribution in [0.15, 0.2) is 48.5 Å². The zero-order valence-corrected chi connectivity index (χ0v) is 28.6. The van der Waals surface area contributed by atoms with Crippen LogP contribution in [0.2, 0.25) is 0 Å². The number of likely N-dealkylation sites (tertiary alicyclic amines) is 2. The van der Waals surface area contributed by atoms with Gasteiger partial charge < -0.3 is 25.2 Å². The number of nitrogens with zero attached hydrogens (tertiary/aromatic N) is 2. The molecule has 4 atom stereocenters. The molecule has 2 aliphatic rings. The minimum atomic E-state index is -0.0901. The summed E-state index contributed by atoms with van der Waals surface area (Å²) in [5.41, 5.74) is 1.40. The lowest BCUT2D eigenvalue weighted by atomic mass is 9.92. The van der Waals surface area contributed by atoms with E-state index in [9.17, 15) is 9.59 Å². The number of piperidine rings is 2. The molecule has 0 bridgehead atoms. The number of benzene rings is 2. The van der Waals surface area contributed by atoms with Gasteiger partial charge in [0.2, 0.25) is 11.8 Å². The summed E-state index contributed by atoms with van der Waals surface area (Å²) < 4.78 is 7.54. The number of carbonyl (C=O) groups is 2. The van der Waals surface area contributed by atoms with Crippen LogP contribution in [0.4, 0.5) is 11.4 Å². The Morgan fingerprint density at radius 3 is 1.33 bits per heavy atom. The molecule has 2 N–H and O–H groups in total. The van der Waals surface area contributed by atoms with E-state index in [0.29, 0.717) is 46.5 Å². The van der Waals surface area contributed by atoms with Crippen molar-refractivity contribution in [3.8, 4) is 11.5 Å². The molecule has 2 amide bonds. The highest BCUT2D eigenvalue weighted by molar-refractivity contribution is 8.23. The van der Waals surface area contributed by atoms with E-state index in [0.717, 1.165) is 34.8 Å². The standard InChI is InChI=1S/C32H42N4O3S4/c1-21-13-22(2)16-35(15-21)31(40)42-19-29(37)33-25-5-9-27(10-6-25)39-28-11-7-26(8-12-28)34-30(38)20-43-32(41)36-17-23(3)14-24(4)18-36/h5-12,21-24H,13-20H2,1-4H3,(H,33,37)(H,34,38)/t21-,22-,23-,24+/m0/s1. The van der Waals surface area contributed by atoms with E-state index >= 15 is 0 Å². The Hall–Kier alpha value is -2.34. The monoisotopic (exact) mass is 658 g/mol. The molecule has 2 saturated heterocycles. The van der Waals surface area contributed by atoms with Crippen molar-refractivity contribution >= 4 is 79.8 Å². The van der Waals surface area contributed by atoms with Gasteiger partial charge in [0.25, 0.3) is 0 Å². The van der Waals surface area contributed by atoms with Crippen molar-refractivity contribution in [3.05, 3.63) is 48.5 Å². The predicted molar refractivity (Wildman–Crippen MR) is 189 cm³/mol. The van der Waals surface area contributed by atoms with E-state index in [1.807, 2.05) is 48.5 Å². The van der Waals surface area contributed by atoms with E-state index in [4.69, 9.17) is 29.2 Å².